The maximum atomic E-state index is 13.4. The average molecular weight is 445 g/mol. The first kappa shape index (κ1) is 21.5. The molecule has 0 heterocycles. The minimum Gasteiger partial charge on any atom is -0.294 e. The van der Waals surface area contributed by atoms with Crippen LogP contribution < -0.4 is 0 Å². The van der Waals surface area contributed by atoms with Crippen LogP contribution in [0.5, 0.6) is 0 Å². The van der Waals surface area contributed by atoms with Crippen LogP contribution in [0.4, 0.5) is 0 Å². The molecule has 3 aromatic carbocycles. The van der Waals surface area contributed by atoms with E-state index in [0.29, 0.717) is 0 Å². The molecule has 9 heteroatoms. The molecule has 7 nitrogen and oxygen atoms in total. The van der Waals surface area contributed by atoms with Crippen LogP contribution in [0.25, 0.3) is 0 Å². The van der Waals surface area contributed by atoms with Gasteiger partial charge < -0.3 is 0 Å². The Labute approximate surface area is 175 Å². The van der Waals surface area contributed by atoms with Gasteiger partial charge in [0, 0.05) is 4.90 Å². The third-order valence-electron chi connectivity index (χ3n) is 4.50. The average Bonchev–Trinajstić information content (AvgIpc) is 2.73. The fourth-order valence-electron chi connectivity index (χ4n) is 3.00. The van der Waals surface area contributed by atoms with Crippen molar-refractivity contribution in [3.05, 3.63) is 112 Å². The van der Waals surface area contributed by atoms with E-state index in [9.17, 15) is 26.9 Å². The van der Waals surface area contributed by atoms with Crippen LogP contribution in [0, 0.1) is 22.4 Å². The van der Waals surface area contributed by atoms with Crippen LogP contribution >= 0.6 is 0 Å². The molecule has 30 heavy (non-hydrogen) atoms. The van der Waals surface area contributed by atoms with Crippen molar-refractivity contribution < 1.29 is 21.8 Å². The Bertz CT molecular complexity index is 1240. The molecular formula is C21H18NO6S2-. The number of aryl methyl sites for hydroxylation is 1. The van der Waals surface area contributed by atoms with E-state index in [1.165, 1.54) is 72.8 Å². The van der Waals surface area contributed by atoms with Gasteiger partial charge in [-0.15, -0.1) is 0 Å². The van der Waals surface area contributed by atoms with Gasteiger partial charge in [0.25, 0.3) is 0 Å². The molecular weight excluding hydrogens is 426 g/mol. The highest BCUT2D eigenvalue weighted by Gasteiger charge is 2.41. The first-order valence-electron chi connectivity index (χ1n) is 8.82. The van der Waals surface area contributed by atoms with Gasteiger partial charge in [-0.2, -0.15) is 0 Å². The maximum absolute atomic E-state index is 13.4. The summed E-state index contributed by atoms with van der Waals surface area (Å²) in [6.45, 7) is 1.74. The van der Waals surface area contributed by atoms with Crippen molar-refractivity contribution in [1.82, 2.24) is 0 Å². The van der Waals surface area contributed by atoms with Crippen molar-refractivity contribution in [2.24, 2.45) is 0 Å². The smallest absolute Gasteiger partial charge is 0.166 e. The second-order valence-corrected chi connectivity index (χ2v) is 10.5. The number of nitrogens with zero attached hydrogens (tertiary/aromatic N) is 1. The summed E-state index contributed by atoms with van der Waals surface area (Å²) in [6, 6.07) is 19.9. The molecule has 0 saturated heterocycles. The molecule has 0 aliphatic heterocycles. The second kappa shape index (κ2) is 8.29. The molecule has 3 aromatic rings. The van der Waals surface area contributed by atoms with Crippen LogP contribution in [0.2, 0.25) is 0 Å². The van der Waals surface area contributed by atoms with E-state index in [4.69, 9.17) is 0 Å². The lowest BCUT2D eigenvalue weighted by Gasteiger charge is -2.31. The largest absolute Gasteiger partial charge is 0.294 e. The third kappa shape index (κ3) is 4.07. The van der Waals surface area contributed by atoms with E-state index in [1.807, 2.05) is 0 Å². The standard InChI is InChI=1S/C21H18NO6S2/c1-16-12-14-19(15-13-16)30(27,28)21(22(23)24)20(17-8-4-2-5-9-17)29(25,26)18-10-6-3-7-11-18/h2-15,20H,1H3/q-1. The molecule has 3 rings (SSSR count). The zero-order valence-corrected chi connectivity index (χ0v) is 17.5. The molecule has 0 amide bonds. The molecule has 0 fully saturated rings. The lowest BCUT2D eigenvalue weighted by Crippen LogP contribution is -2.32. The summed E-state index contributed by atoms with van der Waals surface area (Å²) in [5, 5.41) is 8.69. The number of sulfone groups is 2. The molecule has 1 atom stereocenters. The first-order valence-corrected chi connectivity index (χ1v) is 11.9. The second-order valence-electron chi connectivity index (χ2n) is 6.56. The molecule has 0 aliphatic rings. The van der Waals surface area contributed by atoms with Crippen LogP contribution in [0.15, 0.2) is 94.7 Å². The van der Waals surface area contributed by atoms with Crippen molar-refractivity contribution in [3.8, 4) is 0 Å². The van der Waals surface area contributed by atoms with Crippen molar-refractivity contribution in [2.75, 3.05) is 0 Å². The molecule has 0 saturated carbocycles. The Balaban J connectivity index is 2.28. The zero-order valence-electron chi connectivity index (χ0n) is 15.9. The van der Waals surface area contributed by atoms with Crippen LogP contribution in [0.1, 0.15) is 16.4 Å². The highest BCUT2D eigenvalue weighted by molar-refractivity contribution is 7.97. The number of hydrogen-bond donors (Lipinski definition) is 0. The highest BCUT2D eigenvalue weighted by Crippen LogP contribution is 2.42. The molecule has 0 spiro atoms. The van der Waals surface area contributed by atoms with Gasteiger partial charge in [-0.05, 0) is 31.2 Å². The summed E-state index contributed by atoms with van der Waals surface area (Å²) >= 11 is 0. The number of hydrogen-bond acceptors (Lipinski definition) is 6. The number of benzene rings is 3. The fraction of sp³-hybridized carbons (Fsp3) is 0.0952. The summed E-state index contributed by atoms with van der Waals surface area (Å²) in [5.74, 6) is 0. The van der Waals surface area contributed by atoms with Crippen molar-refractivity contribution in [2.45, 2.75) is 22.0 Å². The molecule has 0 aliphatic carbocycles. The van der Waals surface area contributed by atoms with Crippen LogP contribution in [-0.4, -0.2) is 21.8 Å². The van der Waals surface area contributed by atoms with Gasteiger partial charge in [-0.1, -0.05) is 76.7 Å². The van der Waals surface area contributed by atoms with Gasteiger partial charge in [0.1, 0.15) is 9.84 Å². The van der Waals surface area contributed by atoms with E-state index in [-0.39, 0.29) is 15.4 Å². The topological polar surface area (TPSA) is 111 Å². The molecule has 0 radical (unpaired) electrons. The minimum absolute atomic E-state index is 0.0104. The summed E-state index contributed by atoms with van der Waals surface area (Å²) in [6.07, 6.45) is 0. The maximum Gasteiger partial charge on any atom is 0.166 e. The Morgan fingerprint density at radius 1 is 0.767 bits per heavy atom. The van der Waals surface area contributed by atoms with Gasteiger partial charge in [-0.3, -0.25) is 10.1 Å². The van der Waals surface area contributed by atoms with E-state index >= 15 is 0 Å². The zero-order chi connectivity index (χ0) is 21.9. The quantitative estimate of drug-likeness (QED) is 0.312. The number of rotatable bonds is 7. The molecule has 0 aromatic heterocycles. The third-order valence-corrected chi connectivity index (χ3v) is 8.52. The van der Waals surface area contributed by atoms with Crippen molar-refractivity contribution in [3.63, 3.8) is 0 Å². The van der Waals surface area contributed by atoms with Gasteiger partial charge in [-0.25, -0.2) is 16.8 Å². The van der Waals surface area contributed by atoms with Crippen LogP contribution in [-0.2, 0) is 19.7 Å². The highest BCUT2D eigenvalue weighted by atomic mass is 32.2. The van der Waals surface area contributed by atoms with Gasteiger partial charge in [0.05, 0.1) is 15.5 Å². The Kier molecular flexibility index (Phi) is 5.95. The Hall–Kier alpha value is -3.17. The predicted octanol–water partition coefficient (Wildman–Crippen LogP) is 3.75. The van der Waals surface area contributed by atoms with Crippen LogP contribution in [0.3, 0.4) is 0 Å². The molecule has 1 unspecified atom stereocenters. The van der Waals surface area contributed by atoms with E-state index in [2.05, 4.69) is 0 Å². The first-order chi connectivity index (χ1) is 14.2. The number of nitro groups is 1. The SMILES string of the molecule is Cc1ccc(S(=O)(=O)[C-](C(c2ccccc2)S(=O)(=O)c2ccccc2)[N+](=O)[O-])cc1. The lowest BCUT2D eigenvalue weighted by atomic mass is 10.1. The van der Waals surface area contributed by atoms with Crippen molar-refractivity contribution >= 4 is 19.7 Å². The Morgan fingerprint density at radius 3 is 1.77 bits per heavy atom. The molecule has 0 N–H and O–H groups in total. The molecule has 0 bridgehead atoms. The van der Waals surface area contributed by atoms with Gasteiger partial charge in [0.15, 0.2) is 9.84 Å². The van der Waals surface area contributed by atoms with E-state index in [0.717, 1.165) is 5.56 Å². The van der Waals surface area contributed by atoms with Gasteiger partial charge >= 0.3 is 0 Å². The van der Waals surface area contributed by atoms with E-state index in [1.54, 1.807) is 19.1 Å². The normalized spacial score (nSPS) is 12.8. The fourth-order valence-corrected chi connectivity index (χ4v) is 6.79. The molecule has 156 valence electrons. The minimum atomic E-state index is -4.72. The monoisotopic (exact) mass is 444 g/mol. The summed E-state index contributed by atoms with van der Waals surface area (Å²) < 4.78 is 53.3. The van der Waals surface area contributed by atoms with Crippen molar-refractivity contribution in [1.29, 1.82) is 0 Å². The summed E-state index contributed by atoms with van der Waals surface area (Å²) in [5.41, 5.74) is 0.747. The Morgan fingerprint density at radius 2 is 1.27 bits per heavy atom. The lowest BCUT2D eigenvalue weighted by molar-refractivity contribution is -0.449. The van der Waals surface area contributed by atoms with E-state index < -0.39 is 35.2 Å². The summed E-state index contributed by atoms with van der Waals surface area (Å²) in [7, 11) is -9.17. The summed E-state index contributed by atoms with van der Waals surface area (Å²) in [4.78, 5) is 10.3. The predicted molar refractivity (Wildman–Crippen MR) is 111 cm³/mol. The van der Waals surface area contributed by atoms with Gasteiger partial charge in [0.2, 0.25) is 0 Å².